The minimum Gasteiger partial charge on any atom is -0.497 e. The number of thiazole rings is 1. The van der Waals surface area contributed by atoms with Crippen LogP contribution in [-0.4, -0.2) is 47.0 Å². The average molecular weight is 423 g/mol. The first kappa shape index (κ1) is 19.8. The minimum atomic E-state index is -0.211. The second-order valence-corrected chi connectivity index (χ2v) is 7.76. The molecule has 0 unspecified atom stereocenters. The van der Waals surface area contributed by atoms with Gasteiger partial charge < -0.3 is 15.0 Å². The topological polar surface area (TPSA) is 87.7 Å². The van der Waals surface area contributed by atoms with Crippen LogP contribution in [0.4, 0.5) is 9.93 Å². The van der Waals surface area contributed by atoms with Gasteiger partial charge in [-0.2, -0.15) is 0 Å². The summed E-state index contributed by atoms with van der Waals surface area (Å²) in [6, 6.07) is 11.2. The number of carbonyl (C=O) groups excluding carboxylic acids is 2. The third-order valence-corrected chi connectivity index (χ3v) is 5.80. The molecule has 0 spiro atoms. The summed E-state index contributed by atoms with van der Waals surface area (Å²) in [4.78, 5) is 37.3. The number of methoxy groups -OCH3 is 1. The van der Waals surface area contributed by atoms with Crippen molar-refractivity contribution in [3.63, 3.8) is 0 Å². The summed E-state index contributed by atoms with van der Waals surface area (Å²) in [6.07, 6.45) is 4.88. The summed E-state index contributed by atoms with van der Waals surface area (Å²) < 4.78 is 5.17. The van der Waals surface area contributed by atoms with E-state index < -0.39 is 0 Å². The van der Waals surface area contributed by atoms with E-state index in [0.29, 0.717) is 36.2 Å². The fourth-order valence-electron chi connectivity index (χ4n) is 3.12. The molecule has 30 heavy (non-hydrogen) atoms. The van der Waals surface area contributed by atoms with E-state index in [9.17, 15) is 9.59 Å². The van der Waals surface area contributed by atoms with Crippen LogP contribution >= 0.6 is 11.3 Å². The highest BCUT2D eigenvalue weighted by Crippen LogP contribution is 2.27. The van der Waals surface area contributed by atoms with Crippen LogP contribution in [0.5, 0.6) is 5.75 Å². The molecule has 1 N–H and O–H groups in total. The Morgan fingerprint density at radius 3 is 2.63 bits per heavy atom. The Morgan fingerprint density at radius 2 is 1.90 bits per heavy atom. The molecular weight excluding hydrogens is 402 g/mol. The first-order valence-corrected chi connectivity index (χ1v) is 10.3. The molecule has 3 amide bonds. The van der Waals surface area contributed by atoms with Crippen LogP contribution in [0, 0.1) is 0 Å². The molecule has 0 saturated carbocycles. The van der Waals surface area contributed by atoms with E-state index >= 15 is 0 Å². The lowest BCUT2D eigenvalue weighted by Crippen LogP contribution is -2.31. The van der Waals surface area contributed by atoms with Crippen LogP contribution in [0.15, 0.2) is 55.0 Å². The highest BCUT2D eigenvalue weighted by atomic mass is 32.1. The van der Waals surface area contributed by atoms with Gasteiger partial charge in [0.05, 0.1) is 13.3 Å². The van der Waals surface area contributed by atoms with Crippen LogP contribution in [0.25, 0.3) is 0 Å². The predicted molar refractivity (Wildman–Crippen MR) is 114 cm³/mol. The van der Waals surface area contributed by atoms with E-state index in [2.05, 4.69) is 15.3 Å². The van der Waals surface area contributed by atoms with E-state index in [1.807, 2.05) is 36.4 Å². The van der Waals surface area contributed by atoms with Crippen molar-refractivity contribution in [2.45, 2.75) is 13.1 Å². The fourth-order valence-corrected chi connectivity index (χ4v) is 3.97. The highest BCUT2D eigenvalue weighted by molar-refractivity contribution is 7.17. The lowest BCUT2D eigenvalue weighted by Gasteiger charge is -2.17. The molecule has 0 bridgehead atoms. The number of nitrogens with one attached hydrogen (secondary N) is 1. The van der Waals surface area contributed by atoms with Gasteiger partial charge in [-0.05, 0) is 35.4 Å². The second kappa shape index (κ2) is 8.91. The first-order valence-electron chi connectivity index (χ1n) is 9.46. The summed E-state index contributed by atoms with van der Waals surface area (Å²) in [5.41, 5.74) is 1.99. The Kier molecular flexibility index (Phi) is 5.89. The number of rotatable bonds is 7. The van der Waals surface area contributed by atoms with Gasteiger partial charge >= 0.3 is 6.03 Å². The van der Waals surface area contributed by atoms with Crippen molar-refractivity contribution in [1.82, 2.24) is 20.2 Å². The largest absolute Gasteiger partial charge is 0.497 e. The van der Waals surface area contributed by atoms with Crippen LogP contribution in [0.1, 0.15) is 20.8 Å². The molecule has 1 aromatic carbocycles. The Hall–Kier alpha value is -3.46. The van der Waals surface area contributed by atoms with Gasteiger partial charge in [0.25, 0.3) is 5.91 Å². The summed E-state index contributed by atoms with van der Waals surface area (Å²) in [7, 11) is 1.62. The number of urea groups is 1. The Morgan fingerprint density at radius 1 is 1.13 bits per heavy atom. The maximum atomic E-state index is 12.8. The molecule has 8 nitrogen and oxygen atoms in total. The summed E-state index contributed by atoms with van der Waals surface area (Å²) in [5, 5.41) is 3.39. The number of hydrogen-bond acceptors (Lipinski definition) is 6. The number of carbonyl (C=O) groups is 2. The van der Waals surface area contributed by atoms with Crippen molar-refractivity contribution < 1.29 is 14.3 Å². The fraction of sp³-hybridized carbons (Fsp3) is 0.238. The van der Waals surface area contributed by atoms with Gasteiger partial charge in [0, 0.05) is 38.6 Å². The van der Waals surface area contributed by atoms with Gasteiger partial charge in [-0.1, -0.05) is 23.5 Å². The molecule has 0 atom stereocenters. The third-order valence-electron chi connectivity index (χ3n) is 4.78. The minimum absolute atomic E-state index is 0.107. The molecule has 1 aliphatic rings. The van der Waals surface area contributed by atoms with Crippen molar-refractivity contribution in [2.75, 3.05) is 25.1 Å². The first-order chi connectivity index (χ1) is 14.6. The molecule has 3 heterocycles. The third kappa shape index (κ3) is 4.41. The Balaban J connectivity index is 1.36. The number of anilines is 1. The summed E-state index contributed by atoms with van der Waals surface area (Å²) in [5.74, 6) is 0.572. The highest BCUT2D eigenvalue weighted by Gasteiger charge is 2.31. The average Bonchev–Trinajstić information content (AvgIpc) is 3.41. The summed E-state index contributed by atoms with van der Waals surface area (Å²) in [6.45, 7) is 2.07. The van der Waals surface area contributed by atoms with Crippen molar-refractivity contribution in [2.24, 2.45) is 0 Å². The number of hydrogen-bond donors (Lipinski definition) is 1. The number of ether oxygens (including phenoxy) is 1. The molecule has 1 saturated heterocycles. The molecule has 0 aliphatic carbocycles. The van der Waals surface area contributed by atoms with Crippen molar-refractivity contribution in [3.8, 4) is 5.75 Å². The van der Waals surface area contributed by atoms with Crippen molar-refractivity contribution >= 4 is 28.4 Å². The van der Waals surface area contributed by atoms with Gasteiger partial charge in [-0.25, -0.2) is 9.78 Å². The number of benzene rings is 1. The van der Waals surface area contributed by atoms with Gasteiger partial charge in [0.15, 0.2) is 5.13 Å². The van der Waals surface area contributed by atoms with Crippen LogP contribution in [0.2, 0.25) is 0 Å². The van der Waals surface area contributed by atoms with Crippen molar-refractivity contribution in [3.05, 3.63) is 71.0 Å². The molecule has 1 fully saturated rings. The lowest BCUT2D eigenvalue weighted by molar-refractivity contribution is 0.0954. The zero-order valence-corrected chi connectivity index (χ0v) is 17.3. The molecule has 154 valence electrons. The van der Waals surface area contributed by atoms with E-state index in [4.69, 9.17) is 4.74 Å². The molecule has 0 radical (unpaired) electrons. The lowest BCUT2D eigenvalue weighted by atomic mass is 10.2. The van der Waals surface area contributed by atoms with E-state index in [0.717, 1.165) is 16.9 Å². The standard InChI is InChI=1S/C21H21N5O3S/c1-29-17-4-2-16(3-5-17)14-25-10-11-26(21(25)28)20-24-13-18(30-20)19(27)23-12-15-6-8-22-9-7-15/h2-9,13H,10-12,14H2,1H3,(H,23,27). The zero-order chi connectivity index (χ0) is 20.9. The number of amides is 3. The maximum Gasteiger partial charge on any atom is 0.326 e. The van der Waals surface area contributed by atoms with Crippen LogP contribution < -0.4 is 15.0 Å². The molecule has 4 rings (SSSR count). The number of aromatic nitrogens is 2. The van der Waals surface area contributed by atoms with Crippen LogP contribution in [-0.2, 0) is 13.1 Å². The number of nitrogens with zero attached hydrogens (tertiary/aromatic N) is 4. The monoisotopic (exact) mass is 423 g/mol. The Labute approximate surface area is 178 Å². The molecule has 9 heteroatoms. The van der Waals surface area contributed by atoms with Crippen LogP contribution in [0.3, 0.4) is 0 Å². The van der Waals surface area contributed by atoms with E-state index in [1.165, 1.54) is 17.5 Å². The van der Waals surface area contributed by atoms with Crippen molar-refractivity contribution in [1.29, 1.82) is 0 Å². The molecule has 2 aromatic heterocycles. The Bertz CT molecular complexity index is 1020. The predicted octanol–water partition coefficient (Wildman–Crippen LogP) is 2.92. The molecule has 3 aromatic rings. The smallest absolute Gasteiger partial charge is 0.326 e. The zero-order valence-electron chi connectivity index (χ0n) is 16.4. The number of pyridine rings is 1. The molecular formula is C21H21N5O3S. The normalized spacial score (nSPS) is 13.6. The quantitative estimate of drug-likeness (QED) is 0.631. The SMILES string of the molecule is COc1ccc(CN2CCN(c3ncc(C(=O)NCc4ccncc4)s3)C2=O)cc1. The van der Waals surface area contributed by atoms with E-state index in [1.54, 1.807) is 29.3 Å². The van der Waals surface area contributed by atoms with Gasteiger partial charge in [0.2, 0.25) is 0 Å². The maximum absolute atomic E-state index is 12.8. The van der Waals surface area contributed by atoms with E-state index in [-0.39, 0.29) is 11.9 Å². The van der Waals surface area contributed by atoms with Gasteiger partial charge in [0.1, 0.15) is 10.6 Å². The second-order valence-electron chi connectivity index (χ2n) is 6.75. The summed E-state index contributed by atoms with van der Waals surface area (Å²) >= 11 is 1.22. The van der Waals surface area contributed by atoms with Gasteiger partial charge in [-0.3, -0.25) is 14.7 Å². The molecule has 1 aliphatic heterocycles. The van der Waals surface area contributed by atoms with Gasteiger partial charge in [-0.15, -0.1) is 0 Å².